The smallest absolute Gasteiger partial charge is 0.545 e. The maximum absolute atomic E-state index is 14.3. The molecule has 10 nitrogen and oxygen atoms in total. The average Bonchev–Trinajstić information content (AvgIpc) is 3.45. The van der Waals surface area contributed by atoms with Gasteiger partial charge in [0.25, 0.3) is 0 Å². The number of ketones is 1. The van der Waals surface area contributed by atoms with Gasteiger partial charge in [0.15, 0.2) is 28.8 Å². The van der Waals surface area contributed by atoms with Crippen molar-refractivity contribution in [1.82, 2.24) is 8.75 Å². The number of allylic oxidation sites excluding steroid dienone is 1. The summed E-state index contributed by atoms with van der Waals surface area (Å²) in [6, 6.07) is 13.2. The van der Waals surface area contributed by atoms with Crippen LogP contribution in [0.25, 0.3) is 16.6 Å². The van der Waals surface area contributed by atoms with E-state index < -0.39 is 11.8 Å². The number of Topliss-reactive ketones (excluding diaryl/α,β-unsaturated/α-hetero) is 1. The fourth-order valence-electron chi connectivity index (χ4n) is 4.97. The summed E-state index contributed by atoms with van der Waals surface area (Å²) in [6.07, 6.45) is -0.664. The molecule has 4 aromatic rings. The van der Waals surface area contributed by atoms with E-state index in [1.54, 1.807) is 48.5 Å². The standard InChI is InChI=1S/C34H36N2O8S.Na/c1-18(2)42-29-14-21(15-30(43-19(3)4)33(29)44-20(5)6)13-24(32(37)23-8-10-27-28(17-23)41-12-11-40-27)31(34(38)39)22-7-9-25-26(16-22)36-45-35-25;/h7-10,14-20H,11-13H2,1-6H3,(H,38,39);/q;+1/p-1/b31-24+;. The zero-order valence-electron chi connectivity index (χ0n) is 27.0. The van der Waals surface area contributed by atoms with E-state index in [1.807, 2.05) is 41.5 Å². The van der Waals surface area contributed by atoms with E-state index in [0.29, 0.717) is 58.6 Å². The normalized spacial score (nSPS) is 13.0. The van der Waals surface area contributed by atoms with Crippen molar-refractivity contribution in [3.8, 4) is 28.7 Å². The third kappa shape index (κ3) is 8.19. The van der Waals surface area contributed by atoms with Gasteiger partial charge in [0.1, 0.15) is 24.2 Å². The van der Waals surface area contributed by atoms with Crippen molar-refractivity contribution in [1.29, 1.82) is 0 Å². The van der Waals surface area contributed by atoms with Crippen LogP contribution in [0.1, 0.15) is 63.0 Å². The van der Waals surface area contributed by atoms with Crippen LogP contribution >= 0.6 is 11.7 Å². The van der Waals surface area contributed by atoms with E-state index in [9.17, 15) is 14.7 Å². The number of ether oxygens (including phenoxy) is 5. The summed E-state index contributed by atoms with van der Waals surface area (Å²) in [4.78, 5) is 27.3. The van der Waals surface area contributed by atoms with Gasteiger partial charge in [-0.25, -0.2) is 0 Å². The topological polar surface area (TPSA) is 129 Å². The first kappa shape index (κ1) is 35.2. The Kier molecular flexibility index (Phi) is 11.7. The number of carbonyl (C=O) groups excluding carboxylic acids is 2. The molecule has 46 heavy (non-hydrogen) atoms. The molecule has 0 saturated heterocycles. The number of carboxylic acids is 1. The van der Waals surface area contributed by atoms with Gasteiger partial charge in [-0.1, -0.05) is 6.07 Å². The van der Waals surface area contributed by atoms with Crippen LogP contribution in [-0.2, 0) is 11.2 Å². The minimum atomic E-state index is -1.50. The molecule has 0 radical (unpaired) electrons. The number of benzene rings is 3. The largest absolute Gasteiger partial charge is 1.00 e. The molecular weight excluding hydrogens is 619 g/mol. The minimum Gasteiger partial charge on any atom is -0.545 e. The van der Waals surface area contributed by atoms with Crippen molar-refractivity contribution in [2.24, 2.45) is 0 Å². The van der Waals surface area contributed by atoms with Crippen molar-refractivity contribution < 1.29 is 67.9 Å². The SMILES string of the molecule is CC(C)Oc1cc(C/C(C(=O)c2ccc3c(c2)OCCO3)=C(\C(=O)[O-])c2ccc3nsnc3c2)cc(OC(C)C)c1OC(C)C.[Na+]. The summed E-state index contributed by atoms with van der Waals surface area (Å²) in [5.41, 5.74) is 1.96. The van der Waals surface area contributed by atoms with Gasteiger partial charge in [-0.15, -0.1) is 0 Å². The van der Waals surface area contributed by atoms with Crippen LogP contribution in [0.4, 0.5) is 0 Å². The van der Waals surface area contributed by atoms with Crippen LogP contribution in [0.15, 0.2) is 54.1 Å². The van der Waals surface area contributed by atoms with Crippen molar-refractivity contribution >= 4 is 40.1 Å². The van der Waals surface area contributed by atoms with Crippen LogP contribution in [0.2, 0.25) is 0 Å². The fraction of sp³-hybridized carbons (Fsp3) is 0.353. The monoisotopic (exact) mass is 654 g/mol. The number of rotatable bonds is 12. The van der Waals surface area contributed by atoms with Crippen LogP contribution in [0.3, 0.4) is 0 Å². The van der Waals surface area contributed by atoms with Crippen molar-refractivity contribution in [2.45, 2.75) is 66.3 Å². The van der Waals surface area contributed by atoms with Gasteiger partial charge in [-0.05, 0) is 95.1 Å². The molecule has 236 valence electrons. The van der Waals surface area contributed by atoms with E-state index >= 15 is 0 Å². The second-order valence-corrected chi connectivity index (χ2v) is 11.9. The summed E-state index contributed by atoms with van der Waals surface area (Å²) in [5.74, 6) is 0.175. The molecule has 0 fully saturated rings. The first-order chi connectivity index (χ1) is 21.5. The van der Waals surface area contributed by atoms with E-state index in [1.165, 1.54) is 0 Å². The number of aromatic nitrogens is 2. The molecule has 1 aromatic heterocycles. The van der Waals surface area contributed by atoms with Gasteiger partial charge in [0, 0.05) is 23.1 Å². The average molecular weight is 655 g/mol. The Bertz CT molecular complexity index is 1730. The van der Waals surface area contributed by atoms with Gasteiger partial charge < -0.3 is 33.6 Å². The molecule has 0 N–H and O–H groups in total. The summed E-state index contributed by atoms with van der Waals surface area (Å²) in [5, 5.41) is 12.9. The third-order valence-corrected chi connectivity index (χ3v) is 7.22. The van der Waals surface area contributed by atoms with Gasteiger partial charge in [-0.2, -0.15) is 8.75 Å². The van der Waals surface area contributed by atoms with Gasteiger partial charge >= 0.3 is 29.6 Å². The number of hydrogen-bond donors (Lipinski definition) is 0. The Morgan fingerprint density at radius 1 is 0.783 bits per heavy atom. The van der Waals surface area contributed by atoms with Crippen molar-refractivity contribution in [3.63, 3.8) is 0 Å². The van der Waals surface area contributed by atoms with Gasteiger partial charge in [0.2, 0.25) is 5.75 Å². The second kappa shape index (κ2) is 15.3. The molecule has 0 unspecified atom stereocenters. The molecule has 2 heterocycles. The van der Waals surface area contributed by atoms with Gasteiger partial charge in [-0.3, -0.25) is 4.79 Å². The van der Waals surface area contributed by atoms with E-state index in [2.05, 4.69) is 8.75 Å². The molecule has 0 spiro atoms. The molecule has 3 aromatic carbocycles. The van der Waals surface area contributed by atoms with Crippen LogP contribution in [0.5, 0.6) is 28.7 Å². The predicted molar refractivity (Wildman–Crippen MR) is 169 cm³/mol. The predicted octanol–water partition coefficient (Wildman–Crippen LogP) is 2.46. The molecule has 5 rings (SSSR count). The zero-order chi connectivity index (χ0) is 32.2. The molecule has 0 bridgehead atoms. The Hall–Kier alpha value is -3.64. The summed E-state index contributed by atoms with van der Waals surface area (Å²) >= 11 is 1.02. The molecule has 0 aliphatic carbocycles. The quantitative estimate of drug-likeness (QED) is 0.128. The fourth-order valence-corrected chi connectivity index (χ4v) is 5.48. The first-order valence-electron chi connectivity index (χ1n) is 14.8. The van der Waals surface area contributed by atoms with E-state index in [0.717, 1.165) is 11.7 Å². The van der Waals surface area contributed by atoms with Crippen LogP contribution < -0.4 is 58.3 Å². The number of fused-ring (bicyclic) bond motifs is 2. The second-order valence-electron chi connectivity index (χ2n) is 11.4. The molecule has 12 heteroatoms. The number of aliphatic carboxylic acids is 1. The molecule has 0 amide bonds. The Balaban J connectivity index is 0.00000480. The maximum Gasteiger partial charge on any atom is 1.00 e. The first-order valence-corrected chi connectivity index (χ1v) is 15.5. The zero-order valence-corrected chi connectivity index (χ0v) is 29.9. The van der Waals surface area contributed by atoms with Crippen molar-refractivity contribution in [3.05, 3.63) is 70.8 Å². The molecule has 1 aliphatic rings. The van der Waals surface area contributed by atoms with E-state index in [-0.39, 0.29) is 76.6 Å². The number of hydrogen-bond acceptors (Lipinski definition) is 11. The van der Waals surface area contributed by atoms with Gasteiger partial charge in [0.05, 0.1) is 36.0 Å². The number of carbonyl (C=O) groups is 2. The Labute approximate surface area is 294 Å². The summed E-state index contributed by atoms with van der Waals surface area (Å²) in [7, 11) is 0. The summed E-state index contributed by atoms with van der Waals surface area (Å²) in [6.45, 7) is 12.1. The minimum absolute atomic E-state index is 0. The Morgan fingerprint density at radius 3 is 1.98 bits per heavy atom. The molecule has 0 saturated carbocycles. The molecular formula is C34H35N2NaO8S. The van der Waals surface area contributed by atoms with E-state index in [4.69, 9.17) is 23.7 Å². The molecule has 1 aliphatic heterocycles. The third-order valence-electron chi connectivity index (χ3n) is 6.67. The summed E-state index contributed by atoms with van der Waals surface area (Å²) < 4.78 is 38.2. The van der Waals surface area contributed by atoms with Crippen molar-refractivity contribution in [2.75, 3.05) is 13.2 Å². The number of carboxylic acid groups (broad SMARTS) is 1. The molecule has 0 atom stereocenters. The van der Waals surface area contributed by atoms with Crippen LogP contribution in [0, 0.1) is 0 Å². The van der Waals surface area contributed by atoms with Crippen LogP contribution in [-0.4, -0.2) is 52.0 Å². The Morgan fingerprint density at radius 2 is 1.37 bits per heavy atom. The maximum atomic E-state index is 14.3. The number of nitrogens with zero attached hydrogens (tertiary/aromatic N) is 2.